The van der Waals surface area contributed by atoms with E-state index in [2.05, 4.69) is 31.9 Å². The van der Waals surface area contributed by atoms with Crippen molar-refractivity contribution in [3.8, 4) is 11.4 Å². The number of benzene rings is 1. The van der Waals surface area contributed by atoms with Gasteiger partial charge in [-0.25, -0.2) is 0 Å². The first kappa shape index (κ1) is 18.3. The van der Waals surface area contributed by atoms with Crippen LogP contribution >= 0.6 is 11.8 Å². The minimum atomic E-state index is 0.210. The zero-order valence-corrected chi connectivity index (χ0v) is 16.3. The molecule has 1 fully saturated rings. The second kappa shape index (κ2) is 8.27. The second-order valence-electron chi connectivity index (χ2n) is 6.95. The minimum absolute atomic E-state index is 0.210. The quantitative estimate of drug-likeness (QED) is 0.468. The van der Waals surface area contributed by atoms with Gasteiger partial charge in [-0.15, -0.1) is 10.2 Å². The smallest absolute Gasteiger partial charge is 0.191 e. The van der Waals surface area contributed by atoms with Crippen molar-refractivity contribution in [2.45, 2.75) is 50.4 Å². The molecule has 0 bridgehead atoms. The van der Waals surface area contributed by atoms with Crippen molar-refractivity contribution >= 4 is 28.4 Å². The van der Waals surface area contributed by atoms with Crippen LogP contribution in [0, 0.1) is 0 Å². The molecule has 1 aliphatic heterocycles. The van der Waals surface area contributed by atoms with Crippen LogP contribution in [-0.4, -0.2) is 44.0 Å². The number of ketones is 1. The van der Waals surface area contributed by atoms with Gasteiger partial charge in [0.2, 0.25) is 0 Å². The summed E-state index contributed by atoms with van der Waals surface area (Å²) in [5.41, 5.74) is 2.15. The Labute approximate surface area is 162 Å². The molecule has 7 heteroatoms. The highest BCUT2D eigenvalue weighted by Gasteiger charge is 2.23. The van der Waals surface area contributed by atoms with Gasteiger partial charge in [-0.1, -0.05) is 30.0 Å². The van der Waals surface area contributed by atoms with Gasteiger partial charge in [0.25, 0.3) is 0 Å². The van der Waals surface area contributed by atoms with Gasteiger partial charge in [-0.05, 0) is 32.3 Å². The van der Waals surface area contributed by atoms with Gasteiger partial charge < -0.3 is 14.5 Å². The van der Waals surface area contributed by atoms with E-state index < -0.39 is 0 Å². The topological polar surface area (TPSA) is 72.8 Å². The van der Waals surface area contributed by atoms with Gasteiger partial charge in [0, 0.05) is 41.4 Å². The van der Waals surface area contributed by atoms with Crippen LogP contribution in [0.2, 0.25) is 0 Å². The van der Waals surface area contributed by atoms with Gasteiger partial charge in [-0.3, -0.25) is 4.57 Å². The summed E-state index contributed by atoms with van der Waals surface area (Å²) >= 11 is 1.67. The number of aromatic amines is 1. The molecule has 0 amide bonds. The Bertz CT molecular complexity index is 927. The molecule has 3 aromatic rings. The first-order valence-corrected chi connectivity index (χ1v) is 10.4. The van der Waals surface area contributed by atoms with Crippen LogP contribution in [0.1, 0.15) is 32.6 Å². The molecule has 3 heterocycles. The fourth-order valence-electron chi connectivity index (χ4n) is 3.49. The molecule has 0 spiro atoms. The summed E-state index contributed by atoms with van der Waals surface area (Å²) in [5, 5.41) is 11.0. The van der Waals surface area contributed by atoms with Crippen molar-refractivity contribution in [3.05, 3.63) is 30.5 Å². The number of aromatic nitrogens is 4. The van der Waals surface area contributed by atoms with Crippen molar-refractivity contribution in [1.82, 2.24) is 19.7 Å². The third kappa shape index (κ3) is 4.09. The second-order valence-corrected chi connectivity index (χ2v) is 8.02. The van der Waals surface area contributed by atoms with E-state index in [9.17, 15) is 4.79 Å². The largest absolute Gasteiger partial charge is 0.376 e. The fraction of sp³-hybridized carbons (Fsp3) is 0.450. The summed E-state index contributed by atoms with van der Waals surface area (Å²) in [5.74, 6) is 1.96. The molecular weight excluding hydrogens is 360 g/mol. The maximum absolute atomic E-state index is 11.2. The van der Waals surface area contributed by atoms with Gasteiger partial charge in [0.05, 0.1) is 12.6 Å². The standard InChI is InChI=1S/C20H24N4O2S/c1-14(25)6-5-11-27-20-23-22-19(24(20)13-15-7-4-10-26-15)17-12-21-18-9-3-2-8-16(17)18/h2-3,8-9,12,15,21H,4-7,10-11,13H2,1H3. The Morgan fingerprint density at radius 3 is 3.07 bits per heavy atom. The summed E-state index contributed by atoms with van der Waals surface area (Å²) < 4.78 is 8.04. The van der Waals surface area contributed by atoms with E-state index >= 15 is 0 Å². The van der Waals surface area contributed by atoms with Crippen LogP contribution in [0.4, 0.5) is 0 Å². The number of hydrogen-bond donors (Lipinski definition) is 1. The van der Waals surface area contributed by atoms with Crippen LogP contribution in [-0.2, 0) is 16.1 Å². The summed E-state index contributed by atoms with van der Waals surface area (Å²) in [6, 6.07) is 8.23. The highest BCUT2D eigenvalue weighted by molar-refractivity contribution is 7.99. The molecule has 1 atom stereocenters. The lowest BCUT2D eigenvalue weighted by atomic mass is 10.1. The van der Waals surface area contributed by atoms with Crippen molar-refractivity contribution in [3.63, 3.8) is 0 Å². The van der Waals surface area contributed by atoms with Crippen molar-refractivity contribution in [2.24, 2.45) is 0 Å². The Hall–Kier alpha value is -2.12. The highest BCUT2D eigenvalue weighted by atomic mass is 32.2. The van der Waals surface area contributed by atoms with Crippen LogP contribution in [0.15, 0.2) is 35.6 Å². The number of hydrogen-bond acceptors (Lipinski definition) is 5. The first-order valence-electron chi connectivity index (χ1n) is 9.46. The van der Waals surface area contributed by atoms with Gasteiger partial charge in [0.15, 0.2) is 11.0 Å². The molecule has 6 nitrogen and oxygen atoms in total. The van der Waals surface area contributed by atoms with Crippen LogP contribution in [0.25, 0.3) is 22.3 Å². The van der Waals surface area contributed by atoms with Gasteiger partial charge >= 0.3 is 0 Å². The number of thioether (sulfide) groups is 1. The summed E-state index contributed by atoms with van der Waals surface area (Å²) in [4.78, 5) is 14.5. The lowest BCUT2D eigenvalue weighted by Gasteiger charge is -2.14. The number of carbonyl (C=O) groups excluding carboxylic acids is 1. The van der Waals surface area contributed by atoms with Crippen molar-refractivity contribution < 1.29 is 9.53 Å². The lowest BCUT2D eigenvalue weighted by molar-refractivity contribution is -0.117. The molecule has 1 unspecified atom stereocenters. The monoisotopic (exact) mass is 384 g/mol. The summed E-state index contributed by atoms with van der Waals surface area (Å²) in [6.07, 6.45) is 5.86. The number of nitrogens with zero attached hydrogens (tertiary/aromatic N) is 3. The zero-order valence-electron chi connectivity index (χ0n) is 15.5. The van der Waals surface area contributed by atoms with Gasteiger partial charge in [0.1, 0.15) is 5.78 Å². The van der Waals surface area contributed by atoms with E-state index in [1.54, 1.807) is 18.7 Å². The Kier molecular flexibility index (Phi) is 5.59. The third-order valence-electron chi connectivity index (χ3n) is 4.86. The van der Waals surface area contributed by atoms with Crippen LogP contribution in [0.3, 0.4) is 0 Å². The molecule has 1 aromatic carbocycles. The molecule has 1 aliphatic rings. The number of H-pyrrole nitrogens is 1. The van der Waals surface area contributed by atoms with Crippen molar-refractivity contribution in [2.75, 3.05) is 12.4 Å². The molecule has 142 valence electrons. The average Bonchev–Trinajstić information content (AvgIpc) is 3.39. The average molecular weight is 385 g/mol. The molecular formula is C20H24N4O2S. The van der Waals surface area contributed by atoms with E-state index in [0.717, 1.165) is 65.6 Å². The Balaban J connectivity index is 1.62. The predicted molar refractivity (Wildman–Crippen MR) is 107 cm³/mol. The molecule has 27 heavy (non-hydrogen) atoms. The van der Waals surface area contributed by atoms with E-state index in [0.29, 0.717) is 6.42 Å². The number of ether oxygens (including phenoxy) is 1. The van der Waals surface area contributed by atoms with E-state index in [-0.39, 0.29) is 11.9 Å². The van der Waals surface area contributed by atoms with Crippen LogP contribution in [0.5, 0.6) is 0 Å². The van der Waals surface area contributed by atoms with Crippen molar-refractivity contribution in [1.29, 1.82) is 0 Å². The zero-order chi connectivity index (χ0) is 18.6. The normalized spacial score (nSPS) is 17.0. The van der Waals surface area contributed by atoms with E-state index in [1.165, 1.54) is 0 Å². The van der Waals surface area contributed by atoms with Gasteiger partial charge in [-0.2, -0.15) is 0 Å². The lowest BCUT2D eigenvalue weighted by Crippen LogP contribution is -2.16. The number of para-hydroxylation sites is 1. The van der Waals surface area contributed by atoms with E-state index in [4.69, 9.17) is 4.74 Å². The molecule has 0 aliphatic carbocycles. The SMILES string of the molecule is CC(=O)CCCSc1nnc(-c2c[nH]c3ccccc23)n1CC1CCCO1. The van der Waals surface area contributed by atoms with E-state index in [1.807, 2.05) is 18.3 Å². The molecule has 4 rings (SSSR count). The summed E-state index contributed by atoms with van der Waals surface area (Å²) in [7, 11) is 0. The fourth-order valence-corrected chi connectivity index (χ4v) is 4.38. The van der Waals surface area contributed by atoms with Crippen LogP contribution < -0.4 is 0 Å². The number of carbonyl (C=O) groups is 1. The molecule has 0 saturated carbocycles. The number of rotatable bonds is 8. The molecule has 1 N–H and O–H groups in total. The molecule has 0 radical (unpaired) electrons. The molecule has 2 aromatic heterocycles. The maximum atomic E-state index is 11.2. The first-order chi connectivity index (χ1) is 13.2. The Morgan fingerprint density at radius 1 is 1.37 bits per heavy atom. The Morgan fingerprint density at radius 2 is 2.26 bits per heavy atom. The number of fused-ring (bicyclic) bond motifs is 1. The predicted octanol–water partition coefficient (Wildman–Crippen LogP) is 4.07. The number of Topliss-reactive ketones (excluding diaryl/α,β-unsaturated/α-hetero) is 1. The number of nitrogens with one attached hydrogen (secondary N) is 1. The minimum Gasteiger partial charge on any atom is -0.376 e. The third-order valence-corrected chi connectivity index (χ3v) is 5.91. The maximum Gasteiger partial charge on any atom is 0.191 e. The molecule has 1 saturated heterocycles. The highest BCUT2D eigenvalue weighted by Crippen LogP contribution is 2.31. The summed E-state index contributed by atoms with van der Waals surface area (Å²) in [6.45, 7) is 3.23.